The number of rotatable bonds is 5. The zero-order valence-electron chi connectivity index (χ0n) is 13.3. The standard InChI is InChI=1S/C16H27N3O2/c1-18-12-14(11-17-18)13-19-7-5-16(6-8-19)15(3-9-20-2)4-10-21-16/h11-12,15H,3-10,13H2,1-2H3/t15-/m0/s1. The van der Waals surface area contributed by atoms with E-state index in [0.717, 1.165) is 52.1 Å². The summed E-state index contributed by atoms with van der Waals surface area (Å²) >= 11 is 0. The first-order valence-electron chi connectivity index (χ1n) is 8.05. The van der Waals surface area contributed by atoms with E-state index in [1.54, 1.807) is 7.11 Å². The number of hydrogen-bond donors (Lipinski definition) is 0. The fourth-order valence-corrected chi connectivity index (χ4v) is 3.91. The first-order valence-corrected chi connectivity index (χ1v) is 8.05. The van der Waals surface area contributed by atoms with Crippen LogP contribution in [0.3, 0.4) is 0 Å². The average molecular weight is 293 g/mol. The molecule has 0 saturated carbocycles. The van der Waals surface area contributed by atoms with Gasteiger partial charge in [0.1, 0.15) is 0 Å². The number of piperidine rings is 1. The van der Waals surface area contributed by atoms with Gasteiger partial charge in [-0.25, -0.2) is 0 Å². The summed E-state index contributed by atoms with van der Waals surface area (Å²) in [5.74, 6) is 0.679. The molecule has 118 valence electrons. The van der Waals surface area contributed by atoms with Crippen LogP contribution in [-0.4, -0.2) is 53.7 Å². The van der Waals surface area contributed by atoms with Gasteiger partial charge in [0.2, 0.25) is 0 Å². The third-order valence-electron chi connectivity index (χ3n) is 5.14. The highest BCUT2D eigenvalue weighted by atomic mass is 16.5. The molecule has 0 aromatic carbocycles. The molecule has 3 heterocycles. The largest absolute Gasteiger partial charge is 0.385 e. The van der Waals surface area contributed by atoms with E-state index in [4.69, 9.17) is 9.47 Å². The van der Waals surface area contributed by atoms with E-state index in [1.165, 1.54) is 12.0 Å². The number of likely N-dealkylation sites (tertiary alicyclic amines) is 1. The Labute approximate surface area is 127 Å². The van der Waals surface area contributed by atoms with Crippen LogP contribution < -0.4 is 0 Å². The van der Waals surface area contributed by atoms with Gasteiger partial charge in [-0.05, 0) is 31.6 Å². The Kier molecular flexibility index (Phi) is 4.62. The van der Waals surface area contributed by atoms with Gasteiger partial charge in [-0.15, -0.1) is 0 Å². The average Bonchev–Trinajstić information content (AvgIpc) is 3.06. The molecule has 5 heteroatoms. The van der Waals surface area contributed by atoms with Crippen LogP contribution in [0.15, 0.2) is 12.4 Å². The predicted octanol–water partition coefficient (Wildman–Crippen LogP) is 1.83. The summed E-state index contributed by atoms with van der Waals surface area (Å²) < 4.78 is 13.3. The Morgan fingerprint density at radius 1 is 1.43 bits per heavy atom. The SMILES string of the molecule is COCC[C@H]1CCOC12CCN(Cc1cnn(C)c1)CC2. The van der Waals surface area contributed by atoms with E-state index >= 15 is 0 Å². The maximum absolute atomic E-state index is 6.20. The van der Waals surface area contributed by atoms with Crippen molar-refractivity contribution in [2.75, 3.05) is 33.4 Å². The van der Waals surface area contributed by atoms with Crippen molar-refractivity contribution in [1.82, 2.24) is 14.7 Å². The monoisotopic (exact) mass is 293 g/mol. The third-order valence-corrected chi connectivity index (χ3v) is 5.14. The molecule has 0 bridgehead atoms. The van der Waals surface area contributed by atoms with Crippen LogP contribution >= 0.6 is 0 Å². The Morgan fingerprint density at radius 2 is 2.24 bits per heavy atom. The highest BCUT2D eigenvalue weighted by Crippen LogP contribution is 2.42. The van der Waals surface area contributed by atoms with Gasteiger partial charge in [-0.1, -0.05) is 0 Å². The fourth-order valence-electron chi connectivity index (χ4n) is 3.91. The molecule has 5 nitrogen and oxygen atoms in total. The molecular formula is C16H27N3O2. The summed E-state index contributed by atoms with van der Waals surface area (Å²) in [6.07, 6.45) is 8.73. The van der Waals surface area contributed by atoms with E-state index in [0.29, 0.717) is 5.92 Å². The van der Waals surface area contributed by atoms with Crippen LogP contribution in [0, 0.1) is 5.92 Å². The van der Waals surface area contributed by atoms with Gasteiger partial charge in [0, 0.05) is 58.8 Å². The summed E-state index contributed by atoms with van der Waals surface area (Å²) in [5.41, 5.74) is 1.43. The molecule has 2 aliphatic rings. The Morgan fingerprint density at radius 3 is 2.90 bits per heavy atom. The number of methoxy groups -OCH3 is 1. The van der Waals surface area contributed by atoms with Crippen molar-refractivity contribution in [3.8, 4) is 0 Å². The maximum atomic E-state index is 6.20. The minimum Gasteiger partial charge on any atom is -0.385 e. The van der Waals surface area contributed by atoms with Crippen molar-refractivity contribution in [3.63, 3.8) is 0 Å². The Balaban J connectivity index is 1.54. The van der Waals surface area contributed by atoms with E-state index in [9.17, 15) is 0 Å². The molecule has 0 radical (unpaired) electrons. The molecule has 3 rings (SSSR count). The lowest BCUT2D eigenvalue weighted by Crippen LogP contribution is -2.47. The van der Waals surface area contributed by atoms with Crippen LogP contribution in [0.5, 0.6) is 0 Å². The fraction of sp³-hybridized carbons (Fsp3) is 0.812. The van der Waals surface area contributed by atoms with E-state index in [1.807, 2.05) is 17.9 Å². The molecule has 2 saturated heterocycles. The number of nitrogens with zero attached hydrogens (tertiary/aromatic N) is 3. The number of aromatic nitrogens is 2. The van der Waals surface area contributed by atoms with Gasteiger partial charge in [-0.3, -0.25) is 9.58 Å². The van der Waals surface area contributed by atoms with Gasteiger partial charge in [-0.2, -0.15) is 5.10 Å². The molecule has 2 aliphatic heterocycles. The van der Waals surface area contributed by atoms with Gasteiger partial charge in [0.25, 0.3) is 0 Å². The molecule has 0 amide bonds. The number of hydrogen-bond acceptors (Lipinski definition) is 4. The molecule has 1 atom stereocenters. The van der Waals surface area contributed by atoms with Gasteiger partial charge >= 0.3 is 0 Å². The highest BCUT2D eigenvalue weighted by molar-refractivity contribution is 5.04. The van der Waals surface area contributed by atoms with Crippen molar-refractivity contribution in [3.05, 3.63) is 18.0 Å². The van der Waals surface area contributed by atoms with E-state index in [-0.39, 0.29) is 5.60 Å². The molecule has 0 aliphatic carbocycles. The number of aryl methyl sites for hydroxylation is 1. The molecule has 0 N–H and O–H groups in total. The molecular weight excluding hydrogens is 266 g/mol. The second-order valence-corrected chi connectivity index (χ2v) is 6.48. The molecule has 2 fully saturated rings. The lowest BCUT2D eigenvalue weighted by atomic mass is 9.78. The van der Waals surface area contributed by atoms with Gasteiger partial charge in [0.15, 0.2) is 0 Å². The lowest BCUT2D eigenvalue weighted by molar-refractivity contribution is -0.0721. The molecule has 1 aromatic rings. The molecule has 1 spiro atoms. The second-order valence-electron chi connectivity index (χ2n) is 6.48. The van der Waals surface area contributed by atoms with Crippen LogP contribution in [0.1, 0.15) is 31.2 Å². The first kappa shape index (κ1) is 15.0. The van der Waals surface area contributed by atoms with E-state index in [2.05, 4.69) is 16.2 Å². The van der Waals surface area contributed by atoms with Crippen LogP contribution in [-0.2, 0) is 23.1 Å². The summed E-state index contributed by atoms with van der Waals surface area (Å²) in [4.78, 5) is 2.53. The van der Waals surface area contributed by atoms with Crippen LogP contribution in [0.25, 0.3) is 0 Å². The normalized spacial score (nSPS) is 25.7. The van der Waals surface area contributed by atoms with Gasteiger partial charge in [0.05, 0.1) is 11.8 Å². The quantitative estimate of drug-likeness (QED) is 0.830. The van der Waals surface area contributed by atoms with Crippen LogP contribution in [0.2, 0.25) is 0 Å². The zero-order chi connectivity index (χ0) is 14.7. The highest BCUT2D eigenvalue weighted by Gasteiger charge is 2.45. The molecule has 21 heavy (non-hydrogen) atoms. The molecule has 1 aromatic heterocycles. The maximum Gasteiger partial charge on any atom is 0.0736 e. The summed E-state index contributed by atoms with van der Waals surface area (Å²) in [5, 5.41) is 4.25. The number of ether oxygens (including phenoxy) is 2. The van der Waals surface area contributed by atoms with Crippen molar-refractivity contribution >= 4 is 0 Å². The van der Waals surface area contributed by atoms with E-state index < -0.39 is 0 Å². The smallest absolute Gasteiger partial charge is 0.0736 e. The van der Waals surface area contributed by atoms with Crippen molar-refractivity contribution < 1.29 is 9.47 Å². The summed E-state index contributed by atoms with van der Waals surface area (Å²) in [7, 11) is 3.76. The second kappa shape index (κ2) is 6.46. The Hall–Kier alpha value is -0.910. The topological polar surface area (TPSA) is 39.5 Å². The zero-order valence-corrected chi connectivity index (χ0v) is 13.3. The Bertz CT molecular complexity index is 452. The van der Waals surface area contributed by atoms with Crippen molar-refractivity contribution in [2.45, 2.75) is 37.8 Å². The summed E-state index contributed by atoms with van der Waals surface area (Å²) in [6, 6.07) is 0. The van der Waals surface area contributed by atoms with Crippen molar-refractivity contribution in [1.29, 1.82) is 0 Å². The van der Waals surface area contributed by atoms with Gasteiger partial charge < -0.3 is 9.47 Å². The predicted molar refractivity (Wildman–Crippen MR) is 81.0 cm³/mol. The van der Waals surface area contributed by atoms with Crippen LogP contribution in [0.4, 0.5) is 0 Å². The third kappa shape index (κ3) is 3.30. The lowest BCUT2D eigenvalue weighted by Gasteiger charge is -2.42. The summed E-state index contributed by atoms with van der Waals surface area (Å²) in [6.45, 7) is 5.04. The van der Waals surface area contributed by atoms with Crippen molar-refractivity contribution in [2.24, 2.45) is 13.0 Å². The first-order chi connectivity index (χ1) is 10.2. The minimum atomic E-state index is 0.129. The molecule has 0 unspecified atom stereocenters. The minimum absolute atomic E-state index is 0.129.